The summed E-state index contributed by atoms with van der Waals surface area (Å²) in [6, 6.07) is 10.0. The third-order valence-electron chi connectivity index (χ3n) is 3.63. The molecule has 8 heteroatoms. The molecule has 0 bridgehead atoms. The monoisotopic (exact) mass is 335 g/mol. The van der Waals surface area contributed by atoms with Crippen LogP contribution in [0.1, 0.15) is 6.42 Å². The van der Waals surface area contributed by atoms with E-state index in [9.17, 15) is 8.42 Å². The summed E-state index contributed by atoms with van der Waals surface area (Å²) >= 11 is 0. The number of rotatable bonds is 5. The van der Waals surface area contributed by atoms with Crippen molar-refractivity contribution in [2.75, 3.05) is 20.2 Å². The number of aromatic nitrogens is 2. The zero-order valence-corrected chi connectivity index (χ0v) is 13.4. The SMILES string of the molecule is COc1ccccc1S(=O)(=O)N1CCC(Oc2cccnn2)C1. The van der Waals surface area contributed by atoms with Crippen LogP contribution in [0, 0.1) is 0 Å². The highest BCUT2D eigenvalue weighted by Gasteiger charge is 2.35. The van der Waals surface area contributed by atoms with Crippen molar-refractivity contribution in [1.82, 2.24) is 14.5 Å². The van der Waals surface area contributed by atoms with Gasteiger partial charge in [-0.1, -0.05) is 12.1 Å². The van der Waals surface area contributed by atoms with Crippen LogP contribution in [0.15, 0.2) is 47.5 Å². The molecule has 1 unspecified atom stereocenters. The number of hydrogen-bond acceptors (Lipinski definition) is 6. The van der Waals surface area contributed by atoms with Gasteiger partial charge in [0.15, 0.2) is 0 Å². The van der Waals surface area contributed by atoms with Gasteiger partial charge >= 0.3 is 0 Å². The lowest BCUT2D eigenvalue weighted by Gasteiger charge is -2.18. The second kappa shape index (κ2) is 6.51. The fraction of sp³-hybridized carbons (Fsp3) is 0.333. The van der Waals surface area contributed by atoms with E-state index in [0.717, 1.165) is 0 Å². The fourth-order valence-corrected chi connectivity index (χ4v) is 4.15. The van der Waals surface area contributed by atoms with Crippen LogP contribution >= 0.6 is 0 Å². The topological polar surface area (TPSA) is 81.6 Å². The zero-order chi connectivity index (χ0) is 16.3. The van der Waals surface area contributed by atoms with Crippen LogP contribution in [0.4, 0.5) is 0 Å². The molecular weight excluding hydrogens is 318 g/mol. The average Bonchev–Trinajstić information content (AvgIpc) is 3.05. The fourth-order valence-electron chi connectivity index (χ4n) is 2.50. The van der Waals surface area contributed by atoms with Crippen LogP contribution in [0.3, 0.4) is 0 Å². The molecule has 0 saturated carbocycles. The number of benzene rings is 1. The van der Waals surface area contributed by atoms with E-state index in [1.807, 2.05) is 0 Å². The Bertz CT molecular complexity index is 767. The number of sulfonamides is 1. The summed E-state index contributed by atoms with van der Waals surface area (Å²) in [7, 11) is -2.16. The number of nitrogens with zero attached hydrogens (tertiary/aromatic N) is 3. The smallest absolute Gasteiger partial charge is 0.246 e. The van der Waals surface area contributed by atoms with Crippen molar-refractivity contribution in [3.8, 4) is 11.6 Å². The van der Waals surface area contributed by atoms with Crippen LogP contribution in [-0.2, 0) is 10.0 Å². The van der Waals surface area contributed by atoms with Gasteiger partial charge < -0.3 is 9.47 Å². The largest absolute Gasteiger partial charge is 0.495 e. The van der Waals surface area contributed by atoms with Crippen LogP contribution in [0.5, 0.6) is 11.6 Å². The molecule has 1 fully saturated rings. The Labute approximate surface area is 134 Å². The Hall–Kier alpha value is -2.19. The summed E-state index contributed by atoms with van der Waals surface area (Å²) in [4.78, 5) is 0.169. The molecule has 122 valence electrons. The van der Waals surface area contributed by atoms with Crippen molar-refractivity contribution in [3.63, 3.8) is 0 Å². The molecule has 7 nitrogen and oxygen atoms in total. The zero-order valence-electron chi connectivity index (χ0n) is 12.6. The van der Waals surface area contributed by atoms with Gasteiger partial charge in [-0.2, -0.15) is 9.40 Å². The molecule has 0 amide bonds. The van der Waals surface area contributed by atoms with Crippen LogP contribution in [0.25, 0.3) is 0 Å². The third-order valence-corrected chi connectivity index (χ3v) is 5.53. The Morgan fingerprint density at radius 1 is 1.22 bits per heavy atom. The van der Waals surface area contributed by atoms with E-state index in [4.69, 9.17) is 9.47 Å². The summed E-state index contributed by atoms with van der Waals surface area (Å²) in [5, 5.41) is 7.60. The van der Waals surface area contributed by atoms with Gasteiger partial charge in [-0.05, 0) is 24.6 Å². The number of ether oxygens (including phenoxy) is 2. The molecule has 2 aromatic rings. The van der Waals surface area contributed by atoms with Crippen LogP contribution in [-0.4, -0.2) is 49.2 Å². The highest BCUT2D eigenvalue weighted by atomic mass is 32.2. The third kappa shape index (κ3) is 3.27. The van der Waals surface area contributed by atoms with Crippen molar-refractivity contribution in [1.29, 1.82) is 0 Å². The standard InChI is InChI=1S/C15H17N3O4S/c1-21-13-5-2-3-6-14(13)23(19,20)18-10-8-12(11-18)22-15-7-4-9-16-17-15/h2-7,9,12H,8,10-11H2,1H3. The lowest BCUT2D eigenvalue weighted by Crippen LogP contribution is -2.31. The lowest BCUT2D eigenvalue weighted by molar-refractivity contribution is 0.204. The van der Waals surface area contributed by atoms with Crippen LogP contribution < -0.4 is 9.47 Å². The second-order valence-electron chi connectivity index (χ2n) is 5.10. The highest BCUT2D eigenvalue weighted by Crippen LogP contribution is 2.29. The molecule has 0 aliphatic carbocycles. The quantitative estimate of drug-likeness (QED) is 0.820. The molecule has 3 rings (SSSR count). The first kappa shape index (κ1) is 15.7. The first-order valence-corrected chi connectivity index (χ1v) is 8.63. The van der Waals surface area contributed by atoms with Gasteiger partial charge in [-0.25, -0.2) is 8.42 Å². The molecule has 1 aromatic carbocycles. The van der Waals surface area contributed by atoms with Crippen molar-refractivity contribution in [2.24, 2.45) is 0 Å². The van der Waals surface area contributed by atoms with Crippen molar-refractivity contribution < 1.29 is 17.9 Å². The van der Waals surface area contributed by atoms with E-state index in [-0.39, 0.29) is 17.5 Å². The van der Waals surface area contributed by atoms with Gasteiger partial charge in [0.1, 0.15) is 16.7 Å². The van der Waals surface area contributed by atoms with Crippen molar-refractivity contribution >= 4 is 10.0 Å². The summed E-state index contributed by atoms with van der Waals surface area (Å²) in [5.41, 5.74) is 0. The Morgan fingerprint density at radius 3 is 2.78 bits per heavy atom. The van der Waals surface area contributed by atoms with E-state index in [0.29, 0.717) is 24.6 Å². The first-order valence-electron chi connectivity index (χ1n) is 7.19. The molecule has 1 aliphatic heterocycles. The molecule has 1 atom stereocenters. The molecule has 0 radical (unpaired) electrons. The molecule has 0 N–H and O–H groups in total. The minimum Gasteiger partial charge on any atom is -0.495 e. The maximum atomic E-state index is 12.8. The minimum atomic E-state index is -3.61. The van der Waals surface area contributed by atoms with Crippen molar-refractivity contribution in [2.45, 2.75) is 17.4 Å². The van der Waals surface area contributed by atoms with Gasteiger partial charge in [0, 0.05) is 18.8 Å². The summed E-state index contributed by atoms with van der Waals surface area (Å²) in [6.45, 7) is 0.669. The maximum absolute atomic E-state index is 12.8. The van der Waals surface area contributed by atoms with E-state index in [1.54, 1.807) is 42.6 Å². The van der Waals surface area contributed by atoms with Gasteiger partial charge in [0.2, 0.25) is 15.9 Å². The van der Waals surface area contributed by atoms with Crippen LogP contribution in [0.2, 0.25) is 0 Å². The molecule has 1 aromatic heterocycles. The first-order chi connectivity index (χ1) is 11.1. The van der Waals surface area contributed by atoms with Gasteiger partial charge in [0.05, 0.1) is 13.7 Å². The summed E-state index contributed by atoms with van der Waals surface area (Å²) in [6.07, 6.45) is 1.92. The van der Waals surface area contributed by atoms with E-state index < -0.39 is 10.0 Å². The Morgan fingerprint density at radius 2 is 2.04 bits per heavy atom. The minimum absolute atomic E-state index is 0.169. The van der Waals surface area contributed by atoms with E-state index in [2.05, 4.69) is 10.2 Å². The van der Waals surface area contributed by atoms with Gasteiger partial charge in [-0.15, -0.1) is 5.10 Å². The second-order valence-corrected chi connectivity index (χ2v) is 7.01. The number of methoxy groups -OCH3 is 1. The normalized spacial score (nSPS) is 18.7. The lowest BCUT2D eigenvalue weighted by atomic mass is 10.3. The summed E-state index contributed by atoms with van der Waals surface area (Å²) < 4.78 is 37.8. The average molecular weight is 335 g/mol. The molecule has 23 heavy (non-hydrogen) atoms. The highest BCUT2D eigenvalue weighted by molar-refractivity contribution is 7.89. The number of hydrogen-bond donors (Lipinski definition) is 0. The Kier molecular flexibility index (Phi) is 4.44. The predicted molar refractivity (Wildman–Crippen MR) is 82.8 cm³/mol. The predicted octanol–water partition coefficient (Wildman–Crippen LogP) is 1.33. The molecule has 1 aliphatic rings. The summed E-state index contributed by atoms with van der Waals surface area (Å²) in [5.74, 6) is 0.736. The molecular formula is C15H17N3O4S. The number of para-hydroxylation sites is 1. The molecule has 2 heterocycles. The van der Waals surface area contributed by atoms with Gasteiger partial charge in [-0.3, -0.25) is 0 Å². The maximum Gasteiger partial charge on any atom is 0.246 e. The Balaban J connectivity index is 1.75. The van der Waals surface area contributed by atoms with E-state index >= 15 is 0 Å². The molecule has 0 spiro atoms. The van der Waals surface area contributed by atoms with Crippen molar-refractivity contribution in [3.05, 3.63) is 42.6 Å². The van der Waals surface area contributed by atoms with Gasteiger partial charge in [0.25, 0.3) is 0 Å². The molecule has 1 saturated heterocycles. The van der Waals surface area contributed by atoms with E-state index in [1.165, 1.54) is 11.4 Å².